The maximum absolute atomic E-state index is 12.3. The highest BCUT2D eigenvalue weighted by molar-refractivity contribution is 5.89. The van der Waals surface area contributed by atoms with Crippen LogP contribution in [0.1, 0.15) is 72.1 Å². The van der Waals surface area contributed by atoms with Crippen molar-refractivity contribution in [1.29, 1.82) is 0 Å². The molecule has 2 aliphatic carbocycles. The highest BCUT2D eigenvalue weighted by Gasteiger charge is 2.32. The Bertz CT molecular complexity index is 1010. The third-order valence-corrected chi connectivity index (χ3v) is 7.55. The summed E-state index contributed by atoms with van der Waals surface area (Å²) >= 11 is 0. The van der Waals surface area contributed by atoms with E-state index in [-0.39, 0.29) is 0 Å². The fourth-order valence-electron chi connectivity index (χ4n) is 5.32. The zero-order valence-corrected chi connectivity index (χ0v) is 22.1. The van der Waals surface area contributed by atoms with Gasteiger partial charge in [-0.1, -0.05) is 36.4 Å². The summed E-state index contributed by atoms with van der Waals surface area (Å²) in [6, 6.07) is 17.7. The monoisotopic (exact) mass is 534 g/mol. The lowest BCUT2D eigenvalue weighted by Gasteiger charge is -2.32. The highest BCUT2D eigenvalue weighted by Crippen LogP contribution is 2.31. The van der Waals surface area contributed by atoms with Crippen LogP contribution in [0.25, 0.3) is 0 Å². The number of esters is 2. The van der Waals surface area contributed by atoms with Gasteiger partial charge in [0.25, 0.3) is 0 Å². The van der Waals surface area contributed by atoms with Crippen molar-refractivity contribution < 1.29 is 34.0 Å². The van der Waals surface area contributed by atoms with Crippen molar-refractivity contribution in [2.45, 2.75) is 75.8 Å². The zero-order chi connectivity index (χ0) is 27.5. The Kier molecular flexibility index (Phi) is 10.7. The lowest BCUT2D eigenvalue weighted by molar-refractivity contribution is -0.0469. The molecule has 2 aromatic rings. The number of aliphatic hydroxyl groups excluding tert-OH is 2. The summed E-state index contributed by atoms with van der Waals surface area (Å²) in [4.78, 5) is 24.5. The van der Waals surface area contributed by atoms with Crippen LogP contribution in [0.2, 0.25) is 0 Å². The number of benzene rings is 2. The van der Waals surface area contributed by atoms with Crippen LogP contribution >= 0.6 is 0 Å². The molecule has 39 heavy (non-hydrogen) atoms. The number of ether oxygens (including phenoxy) is 3. The number of allylic oxidation sites excluding steroid dienone is 2. The van der Waals surface area contributed by atoms with Gasteiger partial charge in [0.15, 0.2) is 0 Å². The quantitative estimate of drug-likeness (QED) is 0.303. The van der Waals surface area contributed by atoms with Crippen LogP contribution in [0.5, 0.6) is 0 Å². The number of hydrogen-bond donors (Lipinski definition) is 2. The number of aliphatic hydroxyl groups is 2. The van der Waals surface area contributed by atoms with E-state index in [1.54, 1.807) is 61.1 Å². The van der Waals surface area contributed by atoms with E-state index in [2.05, 4.69) is 0 Å². The Balaban J connectivity index is 1.08. The van der Waals surface area contributed by atoms with E-state index in [4.69, 9.17) is 14.2 Å². The Morgan fingerprint density at radius 2 is 1.08 bits per heavy atom. The van der Waals surface area contributed by atoms with Crippen LogP contribution in [0.15, 0.2) is 85.3 Å². The van der Waals surface area contributed by atoms with E-state index in [0.29, 0.717) is 48.6 Å². The van der Waals surface area contributed by atoms with E-state index in [1.807, 2.05) is 24.3 Å². The minimum Gasteiger partial charge on any atom is -0.473 e. The molecule has 0 aliphatic heterocycles. The van der Waals surface area contributed by atoms with Crippen molar-refractivity contribution in [3.05, 3.63) is 96.5 Å². The molecule has 0 amide bonds. The van der Waals surface area contributed by atoms with Crippen molar-refractivity contribution >= 4 is 11.9 Å². The number of carbonyl (C=O) groups excluding carboxylic acids is 2. The van der Waals surface area contributed by atoms with Crippen molar-refractivity contribution in [3.8, 4) is 0 Å². The van der Waals surface area contributed by atoms with Crippen molar-refractivity contribution in [1.82, 2.24) is 0 Å². The van der Waals surface area contributed by atoms with Gasteiger partial charge in [-0.2, -0.15) is 0 Å². The molecular weight excluding hydrogens is 496 g/mol. The highest BCUT2D eigenvalue weighted by atomic mass is 16.6. The third kappa shape index (κ3) is 8.80. The van der Waals surface area contributed by atoms with Gasteiger partial charge in [-0.15, -0.1) is 0 Å². The molecule has 7 nitrogen and oxygen atoms in total. The molecule has 0 aromatic heterocycles. The molecule has 0 heterocycles. The molecule has 2 aromatic carbocycles. The van der Waals surface area contributed by atoms with E-state index in [9.17, 15) is 19.8 Å². The summed E-state index contributed by atoms with van der Waals surface area (Å²) in [6.45, 7) is 0. The average molecular weight is 535 g/mol. The van der Waals surface area contributed by atoms with Crippen LogP contribution in [0.3, 0.4) is 0 Å². The molecule has 2 N–H and O–H groups in total. The molecule has 208 valence electrons. The first kappa shape index (κ1) is 28.6. The van der Waals surface area contributed by atoms with E-state index in [1.165, 1.54) is 0 Å². The summed E-state index contributed by atoms with van der Waals surface area (Å²) in [5, 5.41) is 21.0. The predicted octanol–water partition coefficient (Wildman–Crippen LogP) is 5.58. The van der Waals surface area contributed by atoms with Crippen LogP contribution < -0.4 is 0 Å². The summed E-state index contributed by atoms with van der Waals surface area (Å²) in [6.07, 6.45) is 10.7. The molecule has 6 atom stereocenters. The number of hydrogen-bond acceptors (Lipinski definition) is 7. The van der Waals surface area contributed by atoms with Gasteiger partial charge in [0.1, 0.15) is 12.2 Å². The van der Waals surface area contributed by atoms with Gasteiger partial charge in [0.2, 0.25) is 0 Å². The number of rotatable bonds is 10. The summed E-state index contributed by atoms with van der Waals surface area (Å²) in [5.41, 5.74) is 0.987. The van der Waals surface area contributed by atoms with Crippen LogP contribution in [-0.4, -0.2) is 46.6 Å². The van der Waals surface area contributed by atoms with E-state index >= 15 is 0 Å². The Morgan fingerprint density at radius 3 is 1.46 bits per heavy atom. The minimum atomic E-state index is -0.669. The molecule has 0 spiro atoms. The fraction of sp³-hybridized carbons (Fsp3) is 0.438. The molecular formula is C32H38O7. The molecule has 7 heteroatoms. The maximum atomic E-state index is 12.3. The standard InChI is InChI=1S/C32H38O7/c33-27-21-23(15-17-29(27)38-31(35)25-11-3-1-4-12-25)9-7-19-37-20-8-10-24-16-18-30(28(34)22-24)39-32(36)26-13-5-2-6-14-26/h1-8,11-14,19-20,23-24,27-30,33-34H,9-10,15-18,21-22H2. The summed E-state index contributed by atoms with van der Waals surface area (Å²) in [7, 11) is 0. The van der Waals surface area contributed by atoms with Crippen LogP contribution in [-0.2, 0) is 14.2 Å². The molecule has 0 bridgehead atoms. The summed E-state index contributed by atoms with van der Waals surface area (Å²) in [5.74, 6) is -0.175. The first-order valence-corrected chi connectivity index (χ1v) is 13.8. The predicted molar refractivity (Wildman–Crippen MR) is 147 cm³/mol. The first-order chi connectivity index (χ1) is 19.0. The maximum Gasteiger partial charge on any atom is 0.338 e. The van der Waals surface area contributed by atoms with Gasteiger partial charge in [0.05, 0.1) is 35.9 Å². The Labute approximate surface area is 230 Å². The first-order valence-electron chi connectivity index (χ1n) is 13.8. The second-order valence-corrected chi connectivity index (χ2v) is 10.5. The zero-order valence-electron chi connectivity index (χ0n) is 22.1. The lowest BCUT2D eigenvalue weighted by atomic mass is 9.83. The minimum absolute atomic E-state index is 0.308. The molecule has 2 aliphatic rings. The van der Waals surface area contributed by atoms with Gasteiger partial charge < -0.3 is 24.4 Å². The average Bonchev–Trinajstić information content (AvgIpc) is 2.96. The van der Waals surface area contributed by atoms with Crippen molar-refractivity contribution in [3.63, 3.8) is 0 Å². The second-order valence-electron chi connectivity index (χ2n) is 10.5. The van der Waals surface area contributed by atoms with Gasteiger partial charge >= 0.3 is 11.9 Å². The van der Waals surface area contributed by atoms with Gasteiger partial charge in [-0.3, -0.25) is 0 Å². The van der Waals surface area contributed by atoms with Crippen LogP contribution in [0.4, 0.5) is 0 Å². The van der Waals surface area contributed by atoms with E-state index in [0.717, 1.165) is 25.7 Å². The van der Waals surface area contributed by atoms with Crippen LogP contribution in [0, 0.1) is 11.8 Å². The molecule has 0 radical (unpaired) electrons. The summed E-state index contributed by atoms with van der Waals surface area (Å²) < 4.78 is 16.5. The molecule has 0 saturated heterocycles. The molecule has 2 saturated carbocycles. The fourth-order valence-corrected chi connectivity index (χ4v) is 5.32. The van der Waals surface area contributed by atoms with Gasteiger partial charge in [-0.25, -0.2) is 9.59 Å². The smallest absolute Gasteiger partial charge is 0.338 e. The number of carbonyl (C=O) groups is 2. The SMILES string of the molecule is O=C(OC1CCC(CC=COC=CCC2CCC(OC(=O)c3ccccc3)C(O)C2)CC1O)c1ccccc1. The van der Waals surface area contributed by atoms with Crippen molar-refractivity contribution in [2.75, 3.05) is 0 Å². The van der Waals surface area contributed by atoms with Gasteiger partial charge in [-0.05, 0) is 99.6 Å². The lowest BCUT2D eigenvalue weighted by Crippen LogP contribution is -2.37. The normalized spacial score (nSPS) is 27.3. The van der Waals surface area contributed by atoms with Gasteiger partial charge in [0, 0.05) is 0 Å². The second kappa shape index (κ2) is 14.7. The Hall–Kier alpha value is -3.42. The Morgan fingerprint density at radius 1 is 0.667 bits per heavy atom. The van der Waals surface area contributed by atoms with Crippen molar-refractivity contribution in [2.24, 2.45) is 11.8 Å². The topological polar surface area (TPSA) is 102 Å². The molecule has 2 fully saturated rings. The largest absolute Gasteiger partial charge is 0.473 e. The molecule has 6 unspecified atom stereocenters. The molecule has 4 rings (SSSR count). The van der Waals surface area contributed by atoms with E-state index < -0.39 is 36.4 Å². The third-order valence-electron chi connectivity index (χ3n) is 7.55.